The van der Waals surface area contributed by atoms with E-state index >= 15 is 0 Å². The zero-order valence-corrected chi connectivity index (χ0v) is 7.25. The fourth-order valence-corrected chi connectivity index (χ4v) is 2.08. The van der Waals surface area contributed by atoms with Crippen LogP contribution in [0.5, 0.6) is 0 Å². The summed E-state index contributed by atoms with van der Waals surface area (Å²) in [6.07, 6.45) is 2.94. The number of hydrogen-bond acceptors (Lipinski definition) is 2. The molecule has 0 spiro atoms. The van der Waals surface area contributed by atoms with E-state index in [9.17, 15) is 0 Å². The van der Waals surface area contributed by atoms with Gasteiger partial charge in [0.1, 0.15) is 0 Å². The lowest BCUT2D eigenvalue weighted by Gasteiger charge is -2.25. The summed E-state index contributed by atoms with van der Waals surface area (Å²) in [6, 6.07) is 0. The molecule has 0 bridgehead atoms. The van der Waals surface area contributed by atoms with Crippen LogP contribution < -0.4 is 0 Å². The molecule has 0 aromatic heterocycles. The molecule has 2 atom stereocenters. The van der Waals surface area contributed by atoms with Crippen LogP contribution in [0, 0.1) is 11.8 Å². The van der Waals surface area contributed by atoms with Crippen molar-refractivity contribution in [3.8, 4) is 0 Å². The summed E-state index contributed by atoms with van der Waals surface area (Å²) in [5.74, 6) is 2.16. The average Bonchev–Trinajstić information content (AvgIpc) is 2.78. The highest BCUT2D eigenvalue weighted by Gasteiger charge is 2.40. The van der Waals surface area contributed by atoms with Gasteiger partial charge in [-0.05, 0) is 31.2 Å². The Kier molecular flexibility index (Phi) is 2.14. The van der Waals surface area contributed by atoms with E-state index in [0.717, 1.165) is 25.0 Å². The summed E-state index contributed by atoms with van der Waals surface area (Å²) in [5.41, 5.74) is 0. The minimum Gasteiger partial charge on any atom is -0.383 e. The van der Waals surface area contributed by atoms with Crippen LogP contribution >= 0.6 is 0 Å². The largest absolute Gasteiger partial charge is 0.383 e. The van der Waals surface area contributed by atoms with E-state index in [1.54, 1.807) is 7.11 Å². The van der Waals surface area contributed by atoms with Crippen molar-refractivity contribution in [3.05, 3.63) is 0 Å². The molecular weight excluding hydrogens is 138 g/mol. The van der Waals surface area contributed by atoms with Crippen molar-refractivity contribution in [1.82, 2.24) is 4.90 Å². The molecule has 2 nitrogen and oxygen atoms in total. The Morgan fingerprint density at radius 1 is 1.45 bits per heavy atom. The van der Waals surface area contributed by atoms with Crippen LogP contribution in [0.15, 0.2) is 0 Å². The van der Waals surface area contributed by atoms with Gasteiger partial charge >= 0.3 is 0 Å². The Balaban J connectivity index is 1.68. The molecule has 2 rings (SSSR count). The lowest BCUT2D eigenvalue weighted by Crippen LogP contribution is -2.33. The highest BCUT2D eigenvalue weighted by atomic mass is 16.5. The standard InChI is InChI=1S/C9H17NO/c1-11-5-4-10-3-2-8-6-9(8)7-10/h8-9H,2-7H2,1H3/t8-,9-/m0/s1. The zero-order valence-electron chi connectivity index (χ0n) is 7.25. The van der Waals surface area contributed by atoms with Gasteiger partial charge in [-0.15, -0.1) is 0 Å². The molecule has 0 amide bonds. The van der Waals surface area contributed by atoms with Crippen LogP contribution in [-0.2, 0) is 4.74 Å². The first-order valence-electron chi connectivity index (χ1n) is 4.61. The van der Waals surface area contributed by atoms with Crippen molar-refractivity contribution in [2.24, 2.45) is 11.8 Å². The number of rotatable bonds is 3. The molecule has 2 heteroatoms. The summed E-state index contributed by atoms with van der Waals surface area (Å²) < 4.78 is 5.05. The number of nitrogens with zero attached hydrogens (tertiary/aromatic N) is 1. The number of ether oxygens (including phenoxy) is 1. The second-order valence-corrected chi connectivity index (χ2v) is 3.84. The van der Waals surface area contributed by atoms with Gasteiger partial charge in [0.05, 0.1) is 6.61 Å². The minimum atomic E-state index is 0.900. The number of hydrogen-bond donors (Lipinski definition) is 0. The van der Waals surface area contributed by atoms with E-state index in [1.165, 1.54) is 25.9 Å². The van der Waals surface area contributed by atoms with E-state index in [1.807, 2.05) is 0 Å². The summed E-state index contributed by atoms with van der Waals surface area (Å²) >= 11 is 0. The second kappa shape index (κ2) is 3.11. The fraction of sp³-hybridized carbons (Fsp3) is 1.00. The van der Waals surface area contributed by atoms with Gasteiger partial charge in [-0.2, -0.15) is 0 Å². The van der Waals surface area contributed by atoms with Crippen LogP contribution in [0.4, 0.5) is 0 Å². The third kappa shape index (κ3) is 1.74. The van der Waals surface area contributed by atoms with Crippen LogP contribution in [0.1, 0.15) is 12.8 Å². The quantitative estimate of drug-likeness (QED) is 0.602. The number of likely N-dealkylation sites (tertiary alicyclic amines) is 1. The topological polar surface area (TPSA) is 12.5 Å². The Labute approximate surface area is 68.5 Å². The van der Waals surface area contributed by atoms with Gasteiger partial charge in [-0.1, -0.05) is 0 Å². The van der Waals surface area contributed by atoms with E-state index < -0.39 is 0 Å². The molecule has 1 aliphatic carbocycles. The van der Waals surface area contributed by atoms with Crippen molar-refractivity contribution in [2.75, 3.05) is 33.4 Å². The predicted octanol–water partition coefficient (Wildman–Crippen LogP) is 0.975. The zero-order chi connectivity index (χ0) is 7.68. The Bertz CT molecular complexity index is 138. The molecule has 64 valence electrons. The van der Waals surface area contributed by atoms with Gasteiger partial charge in [0.2, 0.25) is 0 Å². The number of methoxy groups -OCH3 is 1. The normalized spacial score (nSPS) is 36.8. The van der Waals surface area contributed by atoms with Gasteiger partial charge in [0, 0.05) is 20.2 Å². The molecule has 11 heavy (non-hydrogen) atoms. The van der Waals surface area contributed by atoms with Crippen LogP contribution in [0.25, 0.3) is 0 Å². The lowest BCUT2D eigenvalue weighted by molar-refractivity contribution is 0.132. The molecule has 2 fully saturated rings. The van der Waals surface area contributed by atoms with Crippen molar-refractivity contribution >= 4 is 0 Å². The van der Waals surface area contributed by atoms with Crippen LogP contribution in [0.3, 0.4) is 0 Å². The molecule has 1 aliphatic heterocycles. The third-order valence-corrected chi connectivity index (χ3v) is 2.99. The maximum atomic E-state index is 5.05. The first-order valence-corrected chi connectivity index (χ1v) is 4.61. The molecule has 0 N–H and O–H groups in total. The van der Waals surface area contributed by atoms with E-state index in [4.69, 9.17) is 4.74 Å². The molecule has 0 radical (unpaired) electrons. The van der Waals surface area contributed by atoms with Crippen LogP contribution in [-0.4, -0.2) is 38.3 Å². The number of fused-ring (bicyclic) bond motifs is 1. The summed E-state index contributed by atoms with van der Waals surface area (Å²) in [7, 11) is 1.78. The Morgan fingerprint density at radius 2 is 2.36 bits per heavy atom. The lowest BCUT2D eigenvalue weighted by atomic mass is 10.1. The predicted molar refractivity (Wildman–Crippen MR) is 44.5 cm³/mol. The fourth-order valence-electron chi connectivity index (χ4n) is 2.08. The molecule has 1 saturated carbocycles. The SMILES string of the molecule is COCCN1CC[C@H]2C[C@H]2C1. The Morgan fingerprint density at radius 3 is 3.09 bits per heavy atom. The second-order valence-electron chi connectivity index (χ2n) is 3.84. The third-order valence-electron chi connectivity index (χ3n) is 2.99. The van der Waals surface area contributed by atoms with Gasteiger partial charge in [-0.3, -0.25) is 0 Å². The smallest absolute Gasteiger partial charge is 0.0589 e. The first-order chi connectivity index (χ1) is 5.40. The van der Waals surface area contributed by atoms with Gasteiger partial charge < -0.3 is 9.64 Å². The molecular formula is C9H17NO. The van der Waals surface area contributed by atoms with E-state index in [0.29, 0.717) is 0 Å². The molecule has 0 aromatic carbocycles. The van der Waals surface area contributed by atoms with Gasteiger partial charge in [0.15, 0.2) is 0 Å². The van der Waals surface area contributed by atoms with Crippen molar-refractivity contribution in [2.45, 2.75) is 12.8 Å². The molecule has 1 saturated heterocycles. The maximum absolute atomic E-state index is 5.05. The van der Waals surface area contributed by atoms with Crippen molar-refractivity contribution < 1.29 is 4.74 Å². The summed E-state index contributed by atoms with van der Waals surface area (Å²) in [4.78, 5) is 2.54. The molecule has 1 heterocycles. The van der Waals surface area contributed by atoms with E-state index in [2.05, 4.69) is 4.90 Å². The highest BCUT2D eigenvalue weighted by Crippen LogP contribution is 2.44. The number of piperidine rings is 1. The first kappa shape index (κ1) is 7.56. The molecule has 2 aliphatic rings. The monoisotopic (exact) mass is 155 g/mol. The van der Waals surface area contributed by atoms with Gasteiger partial charge in [0.25, 0.3) is 0 Å². The maximum Gasteiger partial charge on any atom is 0.0589 e. The molecule has 0 unspecified atom stereocenters. The van der Waals surface area contributed by atoms with Gasteiger partial charge in [-0.25, -0.2) is 0 Å². The Hall–Kier alpha value is -0.0800. The van der Waals surface area contributed by atoms with Crippen molar-refractivity contribution in [1.29, 1.82) is 0 Å². The highest BCUT2D eigenvalue weighted by molar-refractivity contribution is 4.92. The van der Waals surface area contributed by atoms with Crippen LogP contribution in [0.2, 0.25) is 0 Å². The average molecular weight is 155 g/mol. The molecule has 0 aromatic rings. The van der Waals surface area contributed by atoms with E-state index in [-0.39, 0.29) is 0 Å². The summed E-state index contributed by atoms with van der Waals surface area (Å²) in [5, 5.41) is 0. The minimum absolute atomic E-state index is 0.900. The summed E-state index contributed by atoms with van der Waals surface area (Å²) in [6.45, 7) is 4.69. The van der Waals surface area contributed by atoms with Crippen molar-refractivity contribution in [3.63, 3.8) is 0 Å².